The maximum absolute atomic E-state index is 5.56. The molecule has 0 amide bonds. The summed E-state index contributed by atoms with van der Waals surface area (Å²) >= 11 is 0. The van der Waals surface area contributed by atoms with Crippen LogP contribution in [-0.2, 0) is 11.2 Å². The van der Waals surface area contributed by atoms with Crippen molar-refractivity contribution >= 4 is 0 Å². The van der Waals surface area contributed by atoms with Crippen molar-refractivity contribution in [1.82, 2.24) is 4.90 Å². The molecule has 0 aromatic heterocycles. The van der Waals surface area contributed by atoms with E-state index in [-0.39, 0.29) is 6.04 Å². The molecule has 3 rings (SSSR count). The van der Waals surface area contributed by atoms with Crippen LogP contribution in [0.2, 0.25) is 0 Å². The molecule has 2 aromatic carbocycles. The Morgan fingerprint density at radius 1 is 1.00 bits per heavy atom. The summed E-state index contributed by atoms with van der Waals surface area (Å²) in [4.78, 5) is 2.54. The molecule has 2 aromatic rings. The van der Waals surface area contributed by atoms with Gasteiger partial charge in [-0.25, -0.2) is 0 Å². The molecule has 0 saturated carbocycles. The van der Waals surface area contributed by atoms with Gasteiger partial charge in [0.1, 0.15) is 0 Å². The van der Waals surface area contributed by atoms with Crippen LogP contribution in [0.5, 0.6) is 11.5 Å². The Balaban J connectivity index is 2.01. The van der Waals surface area contributed by atoms with E-state index in [0.717, 1.165) is 44.0 Å². The largest absolute Gasteiger partial charge is 0.493 e. The highest BCUT2D eigenvalue weighted by molar-refractivity contribution is 5.51. The number of ether oxygens (including phenoxy) is 3. The normalized spacial score (nSPS) is 17.2. The third-order valence-corrected chi connectivity index (χ3v) is 4.88. The molecule has 0 radical (unpaired) electrons. The van der Waals surface area contributed by atoms with E-state index in [1.807, 2.05) is 0 Å². The first-order valence-corrected chi connectivity index (χ1v) is 8.81. The lowest BCUT2D eigenvalue weighted by atomic mass is 9.87. The topological polar surface area (TPSA) is 30.9 Å². The number of methoxy groups -OCH3 is 3. The van der Waals surface area contributed by atoms with Crippen LogP contribution in [0.4, 0.5) is 0 Å². The Morgan fingerprint density at radius 3 is 2.40 bits per heavy atom. The zero-order chi connectivity index (χ0) is 17.6. The van der Waals surface area contributed by atoms with Gasteiger partial charge in [-0.15, -0.1) is 0 Å². The van der Waals surface area contributed by atoms with Gasteiger partial charge in [-0.2, -0.15) is 0 Å². The summed E-state index contributed by atoms with van der Waals surface area (Å²) in [6, 6.07) is 15.2. The van der Waals surface area contributed by atoms with Gasteiger partial charge in [0.2, 0.25) is 0 Å². The molecular formula is C21H27NO3. The Morgan fingerprint density at radius 2 is 1.72 bits per heavy atom. The molecule has 0 aliphatic carbocycles. The minimum absolute atomic E-state index is 0.238. The molecule has 1 aliphatic heterocycles. The van der Waals surface area contributed by atoms with Crippen molar-refractivity contribution < 1.29 is 14.2 Å². The summed E-state index contributed by atoms with van der Waals surface area (Å²) in [5, 5.41) is 0. The van der Waals surface area contributed by atoms with Crippen LogP contribution in [0, 0.1) is 0 Å². The molecule has 1 atom stereocenters. The summed E-state index contributed by atoms with van der Waals surface area (Å²) in [5.41, 5.74) is 3.97. The third kappa shape index (κ3) is 3.80. The first-order valence-electron chi connectivity index (χ1n) is 8.81. The first kappa shape index (κ1) is 17.8. The summed E-state index contributed by atoms with van der Waals surface area (Å²) in [6.07, 6.45) is 2.05. The van der Waals surface area contributed by atoms with Crippen molar-refractivity contribution in [2.24, 2.45) is 0 Å². The Kier molecular flexibility index (Phi) is 5.95. The van der Waals surface area contributed by atoms with Crippen LogP contribution in [0.3, 0.4) is 0 Å². The number of hydrogen-bond donors (Lipinski definition) is 0. The lowest BCUT2D eigenvalue weighted by Gasteiger charge is -2.38. The highest BCUT2D eigenvalue weighted by atomic mass is 16.5. The zero-order valence-corrected chi connectivity index (χ0v) is 15.3. The Bertz CT molecular complexity index is 687. The minimum Gasteiger partial charge on any atom is -0.493 e. The summed E-state index contributed by atoms with van der Waals surface area (Å²) in [5.74, 6) is 1.60. The SMILES string of the molecule is COCCCN1CCc2cc(OC)c(OC)cc2C1c1ccccc1. The molecule has 0 saturated heterocycles. The number of benzene rings is 2. The van der Waals surface area contributed by atoms with Gasteiger partial charge in [-0.05, 0) is 41.7 Å². The molecule has 0 spiro atoms. The third-order valence-electron chi connectivity index (χ3n) is 4.88. The second-order valence-electron chi connectivity index (χ2n) is 6.35. The molecule has 0 N–H and O–H groups in total. The van der Waals surface area contributed by atoms with Gasteiger partial charge in [0, 0.05) is 26.8 Å². The Hall–Kier alpha value is -2.04. The molecule has 134 valence electrons. The number of nitrogens with zero attached hydrogens (tertiary/aromatic N) is 1. The smallest absolute Gasteiger partial charge is 0.161 e. The average molecular weight is 341 g/mol. The number of rotatable bonds is 7. The quantitative estimate of drug-likeness (QED) is 0.719. The summed E-state index contributed by atoms with van der Waals surface area (Å²) < 4.78 is 16.3. The van der Waals surface area contributed by atoms with Crippen molar-refractivity contribution in [2.75, 3.05) is 41.0 Å². The summed E-state index contributed by atoms with van der Waals surface area (Å²) in [6.45, 7) is 2.84. The minimum atomic E-state index is 0.238. The highest BCUT2D eigenvalue weighted by Crippen LogP contribution is 2.40. The number of hydrogen-bond acceptors (Lipinski definition) is 4. The summed E-state index contributed by atoms with van der Waals surface area (Å²) in [7, 11) is 5.15. The predicted octanol–water partition coefficient (Wildman–Crippen LogP) is 3.69. The van der Waals surface area contributed by atoms with Gasteiger partial charge < -0.3 is 14.2 Å². The van der Waals surface area contributed by atoms with Crippen molar-refractivity contribution in [2.45, 2.75) is 18.9 Å². The number of fused-ring (bicyclic) bond motifs is 1. The van der Waals surface area contributed by atoms with E-state index in [1.165, 1.54) is 16.7 Å². The molecule has 0 bridgehead atoms. The van der Waals surface area contributed by atoms with E-state index in [4.69, 9.17) is 14.2 Å². The van der Waals surface area contributed by atoms with Crippen LogP contribution >= 0.6 is 0 Å². The fraction of sp³-hybridized carbons (Fsp3) is 0.429. The van der Waals surface area contributed by atoms with Gasteiger partial charge in [0.15, 0.2) is 11.5 Å². The second kappa shape index (κ2) is 8.37. The molecule has 4 heteroatoms. The van der Waals surface area contributed by atoms with E-state index in [2.05, 4.69) is 47.4 Å². The van der Waals surface area contributed by atoms with E-state index >= 15 is 0 Å². The molecule has 1 heterocycles. The average Bonchev–Trinajstić information content (AvgIpc) is 2.67. The molecular weight excluding hydrogens is 314 g/mol. The fourth-order valence-electron chi connectivity index (χ4n) is 3.68. The van der Waals surface area contributed by atoms with E-state index in [0.29, 0.717) is 0 Å². The molecule has 25 heavy (non-hydrogen) atoms. The van der Waals surface area contributed by atoms with E-state index in [9.17, 15) is 0 Å². The van der Waals surface area contributed by atoms with Gasteiger partial charge in [-0.3, -0.25) is 4.90 Å². The van der Waals surface area contributed by atoms with Crippen molar-refractivity contribution in [3.05, 3.63) is 59.2 Å². The Labute approximate surface area is 150 Å². The van der Waals surface area contributed by atoms with Gasteiger partial charge in [-0.1, -0.05) is 30.3 Å². The maximum atomic E-state index is 5.56. The fourth-order valence-corrected chi connectivity index (χ4v) is 3.68. The monoisotopic (exact) mass is 341 g/mol. The zero-order valence-electron chi connectivity index (χ0n) is 15.3. The van der Waals surface area contributed by atoms with E-state index in [1.54, 1.807) is 21.3 Å². The van der Waals surface area contributed by atoms with Gasteiger partial charge in [0.05, 0.1) is 20.3 Å². The first-order chi connectivity index (χ1) is 12.3. The lowest BCUT2D eigenvalue weighted by Crippen LogP contribution is -2.37. The molecule has 1 unspecified atom stereocenters. The molecule has 4 nitrogen and oxygen atoms in total. The van der Waals surface area contributed by atoms with Gasteiger partial charge >= 0.3 is 0 Å². The predicted molar refractivity (Wildman–Crippen MR) is 99.6 cm³/mol. The van der Waals surface area contributed by atoms with Crippen LogP contribution in [0.1, 0.15) is 29.2 Å². The molecule has 0 fully saturated rings. The van der Waals surface area contributed by atoms with E-state index < -0.39 is 0 Å². The van der Waals surface area contributed by atoms with Crippen LogP contribution in [0.15, 0.2) is 42.5 Å². The molecule has 1 aliphatic rings. The standard InChI is InChI=1S/C21H27NO3/c1-23-13-7-11-22-12-10-17-14-19(24-2)20(25-3)15-18(17)21(22)16-8-5-4-6-9-16/h4-6,8-9,14-15,21H,7,10-13H2,1-3H3. The van der Waals surface area contributed by atoms with Crippen molar-refractivity contribution in [1.29, 1.82) is 0 Å². The van der Waals surface area contributed by atoms with Crippen LogP contribution in [0.25, 0.3) is 0 Å². The van der Waals surface area contributed by atoms with Crippen molar-refractivity contribution in [3.8, 4) is 11.5 Å². The lowest BCUT2D eigenvalue weighted by molar-refractivity contribution is 0.154. The van der Waals surface area contributed by atoms with Crippen LogP contribution in [-0.4, -0.2) is 45.9 Å². The highest BCUT2D eigenvalue weighted by Gasteiger charge is 2.29. The second-order valence-corrected chi connectivity index (χ2v) is 6.35. The van der Waals surface area contributed by atoms with Crippen LogP contribution < -0.4 is 9.47 Å². The van der Waals surface area contributed by atoms with Crippen molar-refractivity contribution in [3.63, 3.8) is 0 Å². The van der Waals surface area contributed by atoms with Gasteiger partial charge in [0.25, 0.3) is 0 Å². The maximum Gasteiger partial charge on any atom is 0.161 e.